The zero-order valence-corrected chi connectivity index (χ0v) is 12.0. The van der Waals surface area contributed by atoms with Gasteiger partial charge in [-0.25, -0.2) is 15.8 Å². The molecular weight excluding hydrogens is 262 g/mol. The van der Waals surface area contributed by atoms with E-state index in [0.29, 0.717) is 17.0 Å². The fourth-order valence-corrected chi connectivity index (χ4v) is 2.85. The molecule has 0 aliphatic carbocycles. The van der Waals surface area contributed by atoms with Crippen molar-refractivity contribution in [3.63, 3.8) is 0 Å². The van der Waals surface area contributed by atoms with Crippen molar-refractivity contribution in [2.75, 3.05) is 29.7 Å². The maximum Gasteiger partial charge on any atom is 0.191 e. The molecule has 1 unspecified atom stereocenters. The molecule has 1 aromatic heterocycles. The second-order valence-electron chi connectivity index (χ2n) is 4.60. The summed E-state index contributed by atoms with van der Waals surface area (Å²) < 4.78 is 0. The zero-order valence-electron chi connectivity index (χ0n) is 11.2. The predicted octanol–water partition coefficient (Wildman–Crippen LogP) is 1.23. The van der Waals surface area contributed by atoms with Gasteiger partial charge in [-0.15, -0.1) is 0 Å². The summed E-state index contributed by atoms with van der Waals surface area (Å²) in [4.78, 5) is 11.1. The van der Waals surface area contributed by atoms with E-state index in [0.717, 1.165) is 31.6 Å². The molecule has 4 N–H and O–H groups in total. The number of thioether (sulfide) groups is 1. The molecule has 6 nitrogen and oxygen atoms in total. The number of anilines is 2. The quantitative estimate of drug-likeness (QED) is 0.324. The van der Waals surface area contributed by atoms with Crippen molar-refractivity contribution in [3.8, 4) is 0 Å². The van der Waals surface area contributed by atoms with Crippen LogP contribution in [0.5, 0.6) is 0 Å². The molecule has 0 aromatic carbocycles. The van der Waals surface area contributed by atoms with Gasteiger partial charge in [-0.3, -0.25) is 0 Å². The smallest absolute Gasteiger partial charge is 0.191 e. The van der Waals surface area contributed by atoms with Gasteiger partial charge >= 0.3 is 0 Å². The molecule has 1 atom stereocenters. The van der Waals surface area contributed by atoms with Gasteiger partial charge in [0.15, 0.2) is 5.16 Å². The Hall–Kier alpha value is -1.05. The van der Waals surface area contributed by atoms with Crippen LogP contribution >= 0.6 is 11.8 Å². The monoisotopic (exact) mass is 283 g/mol. The lowest BCUT2D eigenvalue weighted by atomic mass is 10.00. The summed E-state index contributed by atoms with van der Waals surface area (Å²) in [6.07, 6.45) is 6.20. The number of nitrogens with zero attached hydrogens (tertiary/aromatic N) is 3. The number of rotatable bonds is 5. The van der Waals surface area contributed by atoms with Crippen LogP contribution in [-0.4, -0.2) is 40.5 Å². The molecule has 7 heteroatoms. The first-order chi connectivity index (χ1) is 9.28. The molecule has 0 amide bonds. The summed E-state index contributed by atoms with van der Waals surface area (Å²) in [5.41, 5.74) is 2.59. The number of nitrogen functional groups attached to an aromatic ring is 1. The first-order valence-electron chi connectivity index (χ1n) is 6.55. The van der Waals surface area contributed by atoms with Crippen LogP contribution in [0.4, 0.5) is 11.6 Å². The normalized spacial score (nSPS) is 19.5. The van der Waals surface area contributed by atoms with Gasteiger partial charge in [0, 0.05) is 25.3 Å². The molecule has 2 rings (SSSR count). The van der Waals surface area contributed by atoms with E-state index in [2.05, 4.69) is 20.3 Å². The van der Waals surface area contributed by atoms with Crippen molar-refractivity contribution < 1.29 is 5.11 Å². The van der Waals surface area contributed by atoms with E-state index in [9.17, 15) is 5.11 Å². The van der Waals surface area contributed by atoms with E-state index in [1.54, 1.807) is 0 Å². The molecule has 0 spiro atoms. The Morgan fingerprint density at radius 1 is 1.53 bits per heavy atom. The highest BCUT2D eigenvalue weighted by Crippen LogP contribution is 2.27. The summed E-state index contributed by atoms with van der Waals surface area (Å²) in [5.74, 6) is 6.98. The van der Waals surface area contributed by atoms with Crippen LogP contribution in [0.1, 0.15) is 25.7 Å². The number of aromatic nitrogens is 2. The number of aliphatic hydroxyl groups is 1. The highest BCUT2D eigenvalue weighted by atomic mass is 32.2. The minimum Gasteiger partial charge on any atom is -0.396 e. The van der Waals surface area contributed by atoms with Crippen LogP contribution in [0, 0.1) is 0 Å². The number of hydrogen-bond donors (Lipinski definition) is 3. The number of hydrazine groups is 1. The highest BCUT2D eigenvalue weighted by molar-refractivity contribution is 7.98. The van der Waals surface area contributed by atoms with Crippen LogP contribution in [0.15, 0.2) is 11.2 Å². The topological polar surface area (TPSA) is 87.3 Å². The molecule has 1 aliphatic rings. The van der Waals surface area contributed by atoms with E-state index in [1.807, 2.05) is 12.3 Å². The minimum atomic E-state index is 0.212. The molecule has 0 bridgehead atoms. The molecule has 1 aromatic rings. The molecule has 0 saturated carbocycles. The second-order valence-corrected chi connectivity index (χ2v) is 5.37. The first-order valence-corrected chi connectivity index (χ1v) is 7.78. The first kappa shape index (κ1) is 14.4. The number of nitrogens with two attached hydrogens (primary N) is 1. The lowest BCUT2D eigenvalue weighted by Gasteiger charge is -2.36. The Balaban J connectivity index is 2.26. The SMILES string of the molecule is CSc1nc(NN)cc(N2CCCCC2CCO)n1. The zero-order chi connectivity index (χ0) is 13.7. The fourth-order valence-electron chi connectivity index (χ4n) is 2.48. The van der Waals surface area contributed by atoms with Crippen molar-refractivity contribution in [2.45, 2.75) is 36.9 Å². The van der Waals surface area contributed by atoms with Crippen LogP contribution < -0.4 is 16.2 Å². The predicted molar refractivity (Wildman–Crippen MR) is 78.3 cm³/mol. The molecule has 2 heterocycles. The fraction of sp³-hybridized carbons (Fsp3) is 0.667. The Labute approximate surface area is 117 Å². The summed E-state index contributed by atoms with van der Waals surface area (Å²) in [6, 6.07) is 2.23. The third-order valence-corrected chi connectivity index (χ3v) is 3.95. The summed E-state index contributed by atoms with van der Waals surface area (Å²) in [6.45, 7) is 1.18. The van der Waals surface area contributed by atoms with Gasteiger partial charge in [-0.1, -0.05) is 11.8 Å². The summed E-state index contributed by atoms with van der Waals surface area (Å²) in [7, 11) is 0. The molecule has 19 heavy (non-hydrogen) atoms. The lowest BCUT2D eigenvalue weighted by molar-refractivity contribution is 0.262. The minimum absolute atomic E-state index is 0.212. The van der Waals surface area contributed by atoms with E-state index in [4.69, 9.17) is 5.84 Å². The lowest BCUT2D eigenvalue weighted by Crippen LogP contribution is -2.40. The third-order valence-electron chi connectivity index (χ3n) is 3.41. The summed E-state index contributed by atoms with van der Waals surface area (Å²) in [5, 5.41) is 9.90. The van der Waals surface area contributed by atoms with Gasteiger partial charge in [0.25, 0.3) is 0 Å². The second kappa shape index (κ2) is 6.93. The van der Waals surface area contributed by atoms with Crippen molar-refractivity contribution in [1.29, 1.82) is 0 Å². The molecule has 1 saturated heterocycles. The largest absolute Gasteiger partial charge is 0.396 e. The highest BCUT2D eigenvalue weighted by Gasteiger charge is 2.24. The average molecular weight is 283 g/mol. The van der Waals surface area contributed by atoms with E-state index < -0.39 is 0 Å². The molecule has 0 radical (unpaired) electrons. The average Bonchev–Trinajstić information content (AvgIpc) is 2.47. The van der Waals surface area contributed by atoms with Crippen molar-refractivity contribution in [2.24, 2.45) is 5.84 Å². The van der Waals surface area contributed by atoms with Gasteiger partial charge in [-0.05, 0) is 31.9 Å². The van der Waals surface area contributed by atoms with Crippen LogP contribution in [0.2, 0.25) is 0 Å². The molecular formula is C12H21N5OS. The maximum atomic E-state index is 9.19. The Morgan fingerprint density at radius 2 is 2.37 bits per heavy atom. The van der Waals surface area contributed by atoms with Crippen molar-refractivity contribution in [1.82, 2.24) is 9.97 Å². The van der Waals surface area contributed by atoms with Crippen molar-refractivity contribution >= 4 is 23.4 Å². The van der Waals surface area contributed by atoms with Gasteiger partial charge < -0.3 is 15.4 Å². The van der Waals surface area contributed by atoms with Crippen LogP contribution in [-0.2, 0) is 0 Å². The maximum absolute atomic E-state index is 9.19. The number of nitrogens with one attached hydrogen (secondary N) is 1. The molecule has 1 aliphatic heterocycles. The van der Waals surface area contributed by atoms with E-state index >= 15 is 0 Å². The summed E-state index contributed by atoms with van der Waals surface area (Å²) >= 11 is 1.50. The van der Waals surface area contributed by atoms with Gasteiger partial charge in [0.05, 0.1) is 0 Å². The standard InChI is InChI=1S/C12H21N5OS/c1-19-12-14-10(16-13)8-11(15-12)17-6-3-2-4-9(17)5-7-18/h8-9,18H,2-7,13H2,1H3,(H,14,15,16). The molecule has 1 fully saturated rings. The van der Waals surface area contributed by atoms with E-state index in [-0.39, 0.29) is 6.61 Å². The van der Waals surface area contributed by atoms with Gasteiger partial charge in [-0.2, -0.15) is 0 Å². The van der Waals surface area contributed by atoms with Crippen LogP contribution in [0.3, 0.4) is 0 Å². The molecule has 106 valence electrons. The van der Waals surface area contributed by atoms with Gasteiger partial charge in [0.2, 0.25) is 0 Å². The van der Waals surface area contributed by atoms with E-state index in [1.165, 1.54) is 18.2 Å². The number of piperidine rings is 1. The number of aliphatic hydroxyl groups excluding tert-OH is 1. The Kier molecular flexibility index (Phi) is 5.24. The Morgan fingerprint density at radius 3 is 3.05 bits per heavy atom. The third kappa shape index (κ3) is 3.49. The Bertz CT molecular complexity index is 393. The van der Waals surface area contributed by atoms with Gasteiger partial charge in [0.1, 0.15) is 11.6 Å². The van der Waals surface area contributed by atoms with Crippen molar-refractivity contribution in [3.05, 3.63) is 6.07 Å². The number of hydrogen-bond acceptors (Lipinski definition) is 7. The van der Waals surface area contributed by atoms with Crippen LogP contribution in [0.25, 0.3) is 0 Å².